The standard InChI is InChI=1S/C10H21NO2S/c1-3-4-11-9(7-12-2)10-8-14-6-5-13-10/h9-11H,3-8H2,1-2H3. The van der Waals surface area contributed by atoms with Crippen LogP contribution in [0.25, 0.3) is 0 Å². The fourth-order valence-corrected chi connectivity index (χ4v) is 2.49. The van der Waals surface area contributed by atoms with Crippen molar-refractivity contribution in [1.82, 2.24) is 5.32 Å². The number of rotatable bonds is 6. The maximum absolute atomic E-state index is 5.73. The summed E-state index contributed by atoms with van der Waals surface area (Å²) in [6, 6.07) is 0.354. The molecule has 1 aliphatic rings. The summed E-state index contributed by atoms with van der Waals surface area (Å²) in [4.78, 5) is 0. The molecule has 84 valence electrons. The molecule has 0 bridgehead atoms. The first-order chi connectivity index (χ1) is 6.88. The Hall–Kier alpha value is 0.230. The van der Waals surface area contributed by atoms with E-state index in [1.807, 2.05) is 11.8 Å². The van der Waals surface area contributed by atoms with Gasteiger partial charge in [0.1, 0.15) is 0 Å². The first kappa shape index (κ1) is 12.3. The molecule has 0 aromatic carbocycles. The van der Waals surface area contributed by atoms with E-state index in [0.29, 0.717) is 12.1 Å². The van der Waals surface area contributed by atoms with Gasteiger partial charge in [-0.15, -0.1) is 0 Å². The quantitative estimate of drug-likeness (QED) is 0.725. The summed E-state index contributed by atoms with van der Waals surface area (Å²) in [5.74, 6) is 2.22. The molecule has 0 aromatic rings. The van der Waals surface area contributed by atoms with Crippen LogP contribution >= 0.6 is 11.8 Å². The second-order valence-corrected chi connectivity index (χ2v) is 4.65. The summed E-state index contributed by atoms with van der Waals surface area (Å²) in [6.45, 7) is 4.83. The molecule has 0 saturated carbocycles. The van der Waals surface area contributed by atoms with Gasteiger partial charge in [0, 0.05) is 18.6 Å². The van der Waals surface area contributed by atoms with Crippen LogP contribution < -0.4 is 5.32 Å². The molecule has 1 aliphatic heterocycles. The summed E-state index contributed by atoms with van der Waals surface area (Å²) >= 11 is 1.97. The molecule has 0 radical (unpaired) electrons. The summed E-state index contributed by atoms with van der Waals surface area (Å²) in [7, 11) is 1.75. The highest BCUT2D eigenvalue weighted by molar-refractivity contribution is 7.99. The highest BCUT2D eigenvalue weighted by atomic mass is 32.2. The zero-order chi connectivity index (χ0) is 10.2. The first-order valence-corrected chi connectivity index (χ1v) is 6.45. The van der Waals surface area contributed by atoms with Gasteiger partial charge in [0.05, 0.1) is 25.4 Å². The number of hydrogen-bond acceptors (Lipinski definition) is 4. The third-order valence-corrected chi connectivity index (χ3v) is 3.31. The van der Waals surface area contributed by atoms with E-state index in [1.54, 1.807) is 7.11 Å². The van der Waals surface area contributed by atoms with Gasteiger partial charge < -0.3 is 14.8 Å². The van der Waals surface area contributed by atoms with Crippen LogP contribution in [-0.4, -0.2) is 50.5 Å². The average Bonchev–Trinajstić information content (AvgIpc) is 2.25. The number of methoxy groups -OCH3 is 1. The van der Waals surface area contributed by atoms with E-state index in [9.17, 15) is 0 Å². The summed E-state index contributed by atoms with van der Waals surface area (Å²) < 4.78 is 10.9. The van der Waals surface area contributed by atoms with E-state index >= 15 is 0 Å². The molecule has 0 amide bonds. The van der Waals surface area contributed by atoms with Crippen molar-refractivity contribution in [3.63, 3.8) is 0 Å². The third-order valence-electron chi connectivity index (χ3n) is 2.29. The van der Waals surface area contributed by atoms with Gasteiger partial charge in [-0.2, -0.15) is 11.8 Å². The normalized spacial score (nSPS) is 24.9. The Labute approximate surface area is 90.9 Å². The van der Waals surface area contributed by atoms with E-state index < -0.39 is 0 Å². The lowest BCUT2D eigenvalue weighted by atomic mass is 10.2. The Morgan fingerprint density at radius 2 is 2.50 bits per heavy atom. The van der Waals surface area contributed by atoms with Crippen molar-refractivity contribution in [2.45, 2.75) is 25.5 Å². The Morgan fingerprint density at radius 3 is 3.07 bits per heavy atom. The van der Waals surface area contributed by atoms with Gasteiger partial charge in [-0.25, -0.2) is 0 Å². The van der Waals surface area contributed by atoms with Gasteiger partial charge in [-0.3, -0.25) is 0 Å². The van der Waals surface area contributed by atoms with Crippen molar-refractivity contribution in [1.29, 1.82) is 0 Å². The minimum absolute atomic E-state index is 0.320. The molecule has 1 heterocycles. The van der Waals surface area contributed by atoms with Gasteiger partial charge in [0.2, 0.25) is 0 Å². The third kappa shape index (κ3) is 4.17. The van der Waals surface area contributed by atoms with Crippen molar-refractivity contribution in [3.8, 4) is 0 Å². The van der Waals surface area contributed by atoms with Gasteiger partial charge in [-0.05, 0) is 13.0 Å². The molecule has 2 atom stereocenters. The van der Waals surface area contributed by atoms with Crippen molar-refractivity contribution in [2.24, 2.45) is 0 Å². The molecule has 14 heavy (non-hydrogen) atoms. The predicted molar refractivity (Wildman–Crippen MR) is 61.0 cm³/mol. The lowest BCUT2D eigenvalue weighted by Crippen LogP contribution is -2.47. The van der Waals surface area contributed by atoms with Crippen molar-refractivity contribution in [3.05, 3.63) is 0 Å². The van der Waals surface area contributed by atoms with Gasteiger partial charge in [0.15, 0.2) is 0 Å². The molecule has 1 fully saturated rings. The van der Waals surface area contributed by atoms with Crippen molar-refractivity contribution < 1.29 is 9.47 Å². The molecule has 1 N–H and O–H groups in total. The smallest absolute Gasteiger partial charge is 0.0841 e. The Bertz CT molecular complexity index is 140. The Kier molecular flexibility index (Phi) is 6.60. The van der Waals surface area contributed by atoms with Crippen LogP contribution in [0.15, 0.2) is 0 Å². The maximum Gasteiger partial charge on any atom is 0.0841 e. The number of nitrogens with one attached hydrogen (secondary N) is 1. The lowest BCUT2D eigenvalue weighted by molar-refractivity contribution is 0.0206. The minimum atomic E-state index is 0.320. The van der Waals surface area contributed by atoms with Crippen LogP contribution in [0, 0.1) is 0 Å². The molecule has 0 spiro atoms. The molecule has 1 rings (SSSR count). The SMILES string of the molecule is CCCNC(COC)C1CSCCO1. The van der Waals surface area contributed by atoms with Crippen molar-refractivity contribution >= 4 is 11.8 Å². The molecule has 3 nitrogen and oxygen atoms in total. The molecule has 0 aliphatic carbocycles. The fourth-order valence-electron chi connectivity index (χ4n) is 1.55. The largest absolute Gasteiger partial charge is 0.383 e. The second-order valence-electron chi connectivity index (χ2n) is 3.50. The van der Waals surface area contributed by atoms with Crippen LogP contribution in [0.5, 0.6) is 0 Å². The first-order valence-electron chi connectivity index (χ1n) is 5.30. The Morgan fingerprint density at radius 1 is 1.64 bits per heavy atom. The van der Waals surface area contributed by atoms with Gasteiger partial charge in [-0.1, -0.05) is 6.92 Å². The number of ether oxygens (including phenoxy) is 2. The number of thioether (sulfide) groups is 1. The summed E-state index contributed by atoms with van der Waals surface area (Å²) in [6.07, 6.45) is 1.47. The average molecular weight is 219 g/mol. The second kappa shape index (κ2) is 7.51. The molecule has 2 unspecified atom stereocenters. The fraction of sp³-hybridized carbons (Fsp3) is 1.00. The van der Waals surface area contributed by atoms with Crippen LogP contribution in [0.4, 0.5) is 0 Å². The van der Waals surface area contributed by atoms with E-state index in [0.717, 1.165) is 37.7 Å². The minimum Gasteiger partial charge on any atom is -0.383 e. The van der Waals surface area contributed by atoms with Crippen LogP contribution in [0.1, 0.15) is 13.3 Å². The molecular formula is C10H21NO2S. The van der Waals surface area contributed by atoms with E-state index in [2.05, 4.69) is 12.2 Å². The van der Waals surface area contributed by atoms with Crippen LogP contribution in [0.3, 0.4) is 0 Å². The zero-order valence-corrected chi connectivity index (χ0v) is 9.94. The van der Waals surface area contributed by atoms with Crippen LogP contribution in [-0.2, 0) is 9.47 Å². The highest BCUT2D eigenvalue weighted by Gasteiger charge is 2.23. The van der Waals surface area contributed by atoms with Crippen molar-refractivity contribution in [2.75, 3.05) is 38.4 Å². The van der Waals surface area contributed by atoms with E-state index in [1.165, 1.54) is 0 Å². The topological polar surface area (TPSA) is 30.5 Å². The van der Waals surface area contributed by atoms with E-state index in [4.69, 9.17) is 9.47 Å². The van der Waals surface area contributed by atoms with Gasteiger partial charge >= 0.3 is 0 Å². The summed E-state index contributed by atoms with van der Waals surface area (Å²) in [5, 5.41) is 3.48. The maximum atomic E-state index is 5.73. The van der Waals surface area contributed by atoms with E-state index in [-0.39, 0.29) is 0 Å². The highest BCUT2D eigenvalue weighted by Crippen LogP contribution is 2.15. The summed E-state index contributed by atoms with van der Waals surface area (Å²) in [5.41, 5.74) is 0. The molecular weight excluding hydrogens is 198 g/mol. The molecule has 1 saturated heterocycles. The molecule has 4 heteroatoms. The van der Waals surface area contributed by atoms with Crippen LogP contribution in [0.2, 0.25) is 0 Å². The lowest BCUT2D eigenvalue weighted by Gasteiger charge is -2.30. The number of hydrogen-bond donors (Lipinski definition) is 1. The zero-order valence-electron chi connectivity index (χ0n) is 9.12. The van der Waals surface area contributed by atoms with Gasteiger partial charge in [0.25, 0.3) is 0 Å². The predicted octanol–water partition coefficient (Wildman–Crippen LogP) is 1.13. The monoisotopic (exact) mass is 219 g/mol. The Balaban J connectivity index is 2.30. The molecule has 0 aromatic heterocycles.